The molecular weight excluding hydrogens is 272 g/mol. The maximum absolute atomic E-state index is 12.9. The van der Waals surface area contributed by atoms with Crippen LogP contribution in [-0.2, 0) is 0 Å². The molecule has 20 heavy (non-hydrogen) atoms. The van der Waals surface area contributed by atoms with Crippen molar-refractivity contribution in [2.45, 2.75) is 26.2 Å². The van der Waals surface area contributed by atoms with E-state index in [-0.39, 0.29) is 17.8 Å². The van der Waals surface area contributed by atoms with Gasteiger partial charge < -0.3 is 10.3 Å². The third-order valence-corrected chi connectivity index (χ3v) is 4.27. The van der Waals surface area contributed by atoms with Crippen molar-refractivity contribution < 1.29 is 4.79 Å². The Kier molecular flexibility index (Phi) is 4.51. The predicted octanol–water partition coefficient (Wildman–Crippen LogP) is 3.55. The fourth-order valence-corrected chi connectivity index (χ4v) is 3.24. The highest BCUT2D eigenvalue weighted by molar-refractivity contribution is 6.03. The Balaban J connectivity index is 0.00000147. The van der Waals surface area contributed by atoms with Crippen molar-refractivity contribution in [3.05, 3.63) is 36.0 Å². The molecule has 3 nitrogen and oxygen atoms in total. The summed E-state index contributed by atoms with van der Waals surface area (Å²) in [7, 11) is 0. The topological polar surface area (TPSA) is 44.9 Å². The van der Waals surface area contributed by atoms with Gasteiger partial charge in [-0.2, -0.15) is 0 Å². The van der Waals surface area contributed by atoms with Crippen LogP contribution in [0.15, 0.2) is 30.5 Å². The van der Waals surface area contributed by atoms with Gasteiger partial charge in [-0.25, -0.2) is 0 Å². The van der Waals surface area contributed by atoms with Gasteiger partial charge in [0.2, 0.25) is 0 Å². The molecule has 1 fully saturated rings. The molecule has 1 aliphatic rings. The van der Waals surface area contributed by atoms with Crippen LogP contribution in [0.3, 0.4) is 0 Å². The minimum absolute atomic E-state index is 0. The van der Waals surface area contributed by atoms with Crippen molar-refractivity contribution in [2.75, 3.05) is 13.1 Å². The molecule has 0 radical (unpaired) electrons. The Bertz CT molecular complexity index is 599. The molecule has 0 spiro atoms. The van der Waals surface area contributed by atoms with Crippen LogP contribution in [0.4, 0.5) is 0 Å². The molecule has 0 saturated carbocycles. The quantitative estimate of drug-likeness (QED) is 0.847. The van der Waals surface area contributed by atoms with Crippen LogP contribution in [0.1, 0.15) is 36.5 Å². The molecule has 1 atom stereocenters. The van der Waals surface area contributed by atoms with Crippen LogP contribution in [0.2, 0.25) is 0 Å². The molecule has 1 aliphatic heterocycles. The normalized spacial score (nSPS) is 21.9. The standard InChI is InChI=1S/C16H20N2O.ClH/c1-2-6-16(7-9-17-11-16)15(19)13-3-4-14-12(10-13)5-8-18-14;/h3-5,8,10,17-18H,2,6-7,9,11H2,1H3;1H. The second-order valence-electron chi connectivity index (χ2n) is 5.57. The molecule has 1 saturated heterocycles. The molecular formula is C16H21ClN2O. The number of fused-ring (bicyclic) bond motifs is 1. The van der Waals surface area contributed by atoms with Gasteiger partial charge in [0, 0.05) is 34.6 Å². The molecule has 2 aromatic rings. The number of benzene rings is 1. The summed E-state index contributed by atoms with van der Waals surface area (Å²) in [4.78, 5) is 16.0. The van der Waals surface area contributed by atoms with E-state index in [0.717, 1.165) is 48.8 Å². The van der Waals surface area contributed by atoms with Crippen LogP contribution in [0.25, 0.3) is 10.9 Å². The zero-order valence-corrected chi connectivity index (χ0v) is 12.6. The van der Waals surface area contributed by atoms with E-state index in [1.165, 1.54) is 0 Å². The summed E-state index contributed by atoms with van der Waals surface area (Å²) in [5, 5.41) is 4.47. The van der Waals surface area contributed by atoms with Gasteiger partial charge in [-0.1, -0.05) is 13.3 Å². The van der Waals surface area contributed by atoms with E-state index in [0.29, 0.717) is 5.78 Å². The van der Waals surface area contributed by atoms with Crippen molar-refractivity contribution in [1.29, 1.82) is 0 Å². The summed E-state index contributed by atoms with van der Waals surface area (Å²) in [6, 6.07) is 8.00. The van der Waals surface area contributed by atoms with E-state index in [4.69, 9.17) is 0 Å². The second-order valence-corrected chi connectivity index (χ2v) is 5.57. The first-order chi connectivity index (χ1) is 9.25. The Morgan fingerprint density at radius 3 is 2.90 bits per heavy atom. The van der Waals surface area contributed by atoms with Gasteiger partial charge in [0.05, 0.1) is 0 Å². The first-order valence-electron chi connectivity index (χ1n) is 7.08. The minimum atomic E-state index is -0.182. The summed E-state index contributed by atoms with van der Waals surface area (Å²) in [5.74, 6) is 0.308. The van der Waals surface area contributed by atoms with Crippen molar-refractivity contribution >= 4 is 29.1 Å². The largest absolute Gasteiger partial charge is 0.361 e. The van der Waals surface area contributed by atoms with Gasteiger partial charge in [0.1, 0.15) is 0 Å². The molecule has 1 aromatic heterocycles. The molecule has 4 heteroatoms. The van der Waals surface area contributed by atoms with Gasteiger partial charge in [0.15, 0.2) is 5.78 Å². The van der Waals surface area contributed by atoms with E-state index >= 15 is 0 Å². The van der Waals surface area contributed by atoms with Crippen molar-refractivity contribution in [3.63, 3.8) is 0 Å². The molecule has 108 valence electrons. The Labute approximate surface area is 125 Å². The third kappa shape index (κ3) is 2.48. The lowest BCUT2D eigenvalue weighted by molar-refractivity contribution is 0.0802. The highest BCUT2D eigenvalue weighted by Crippen LogP contribution is 2.35. The molecule has 1 unspecified atom stereocenters. The minimum Gasteiger partial charge on any atom is -0.361 e. The molecule has 2 heterocycles. The van der Waals surface area contributed by atoms with Crippen LogP contribution in [0.5, 0.6) is 0 Å². The Hall–Kier alpha value is -1.32. The average molecular weight is 293 g/mol. The van der Waals surface area contributed by atoms with E-state index in [1.807, 2.05) is 30.5 Å². The van der Waals surface area contributed by atoms with E-state index in [1.54, 1.807) is 0 Å². The number of ketones is 1. The fraction of sp³-hybridized carbons (Fsp3) is 0.438. The number of carbonyl (C=O) groups excluding carboxylic acids is 1. The summed E-state index contributed by atoms with van der Waals surface area (Å²) in [5.41, 5.74) is 1.76. The summed E-state index contributed by atoms with van der Waals surface area (Å²) >= 11 is 0. The number of rotatable bonds is 4. The number of H-pyrrole nitrogens is 1. The molecule has 3 rings (SSSR count). The van der Waals surface area contributed by atoms with Crippen molar-refractivity contribution in [2.24, 2.45) is 5.41 Å². The first kappa shape index (κ1) is 15.1. The summed E-state index contributed by atoms with van der Waals surface area (Å²) in [6.45, 7) is 3.94. The highest BCUT2D eigenvalue weighted by atomic mass is 35.5. The Morgan fingerprint density at radius 2 is 2.20 bits per heavy atom. The maximum atomic E-state index is 12.9. The second kappa shape index (κ2) is 5.98. The van der Waals surface area contributed by atoms with Gasteiger partial charge in [-0.05, 0) is 43.7 Å². The summed E-state index contributed by atoms with van der Waals surface area (Å²) < 4.78 is 0. The van der Waals surface area contributed by atoms with Gasteiger partial charge in [0.25, 0.3) is 0 Å². The number of aromatic nitrogens is 1. The monoisotopic (exact) mass is 292 g/mol. The van der Waals surface area contributed by atoms with Gasteiger partial charge in [-0.15, -0.1) is 12.4 Å². The number of hydrogen-bond acceptors (Lipinski definition) is 2. The van der Waals surface area contributed by atoms with Crippen LogP contribution < -0.4 is 5.32 Å². The number of nitrogens with one attached hydrogen (secondary N) is 2. The third-order valence-electron chi connectivity index (χ3n) is 4.27. The van der Waals surface area contributed by atoms with Crippen LogP contribution in [-0.4, -0.2) is 23.9 Å². The Morgan fingerprint density at radius 1 is 1.35 bits per heavy atom. The first-order valence-corrected chi connectivity index (χ1v) is 7.08. The smallest absolute Gasteiger partial charge is 0.170 e. The van der Waals surface area contributed by atoms with E-state index in [9.17, 15) is 4.79 Å². The number of aromatic amines is 1. The van der Waals surface area contributed by atoms with E-state index in [2.05, 4.69) is 17.2 Å². The lowest BCUT2D eigenvalue weighted by Crippen LogP contribution is -2.33. The van der Waals surface area contributed by atoms with Crippen molar-refractivity contribution in [1.82, 2.24) is 10.3 Å². The SMILES string of the molecule is CCCC1(C(=O)c2ccc3[nH]ccc3c2)CCNC1.Cl. The number of halogens is 1. The zero-order valence-electron chi connectivity index (χ0n) is 11.7. The van der Waals surface area contributed by atoms with Crippen molar-refractivity contribution in [3.8, 4) is 0 Å². The fourth-order valence-electron chi connectivity index (χ4n) is 3.24. The number of Topliss-reactive ketones (excluding diaryl/α,β-unsaturated/α-hetero) is 1. The number of hydrogen-bond donors (Lipinski definition) is 2. The van der Waals surface area contributed by atoms with Crippen LogP contribution in [0, 0.1) is 5.41 Å². The number of carbonyl (C=O) groups is 1. The molecule has 0 amide bonds. The van der Waals surface area contributed by atoms with Gasteiger partial charge >= 0.3 is 0 Å². The van der Waals surface area contributed by atoms with Crippen LogP contribution >= 0.6 is 12.4 Å². The summed E-state index contributed by atoms with van der Waals surface area (Å²) in [6.07, 6.45) is 4.91. The molecule has 1 aromatic carbocycles. The maximum Gasteiger partial charge on any atom is 0.170 e. The van der Waals surface area contributed by atoms with E-state index < -0.39 is 0 Å². The zero-order chi connectivity index (χ0) is 13.3. The van der Waals surface area contributed by atoms with Gasteiger partial charge in [-0.3, -0.25) is 4.79 Å². The molecule has 2 N–H and O–H groups in total. The lowest BCUT2D eigenvalue weighted by atomic mass is 9.76. The lowest BCUT2D eigenvalue weighted by Gasteiger charge is -2.26. The predicted molar refractivity (Wildman–Crippen MR) is 84.7 cm³/mol. The average Bonchev–Trinajstić information content (AvgIpc) is 3.06. The molecule has 0 bridgehead atoms. The highest BCUT2D eigenvalue weighted by Gasteiger charge is 2.40. The molecule has 0 aliphatic carbocycles.